The van der Waals surface area contributed by atoms with Gasteiger partial charge in [-0.3, -0.25) is 4.79 Å². The van der Waals surface area contributed by atoms with Crippen LogP contribution in [-0.2, 0) is 11.2 Å². The lowest BCUT2D eigenvalue weighted by atomic mass is 10.2. The molecular weight excluding hydrogens is 290 g/mol. The molecule has 2 aromatic rings. The molecule has 2 heterocycles. The van der Waals surface area contributed by atoms with E-state index in [1.54, 1.807) is 17.7 Å². The van der Waals surface area contributed by atoms with E-state index in [9.17, 15) is 4.79 Å². The molecule has 0 atom stereocenters. The number of aromatic nitrogens is 2. The largest absolute Gasteiger partial charge is 0.355 e. The number of aryl methyl sites for hydroxylation is 1. The van der Waals surface area contributed by atoms with Crippen LogP contribution in [0.1, 0.15) is 25.6 Å². The molecule has 0 radical (unpaired) electrons. The van der Waals surface area contributed by atoms with E-state index in [1.807, 2.05) is 0 Å². The number of thiophene rings is 1. The average molecular weight is 309 g/mol. The summed E-state index contributed by atoms with van der Waals surface area (Å²) in [4.78, 5) is 22.6. The topological polar surface area (TPSA) is 54.9 Å². The van der Waals surface area contributed by atoms with Crippen LogP contribution in [-0.4, -0.2) is 28.2 Å². The van der Waals surface area contributed by atoms with Crippen LogP contribution in [0.4, 0.5) is 0 Å². The fourth-order valence-electron chi connectivity index (χ4n) is 1.68. The zero-order valence-corrected chi connectivity index (χ0v) is 13.6. The summed E-state index contributed by atoms with van der Waals surface area (Å²) in [6.45, 7) is 7.01. The maximum atomic E-state index is 11.7. The highest BCUT2D eigenvalue weighted by molar-refractivity contribution is 8.00. The fourth-order valence-corrected chi connectivity index (χ4v) is 3.48. The van der Waals surface area contributed by atoms with Crippen LogP contribution in [0, 0.1) is 5.92 Å². The van der Waals surface area contributed by atoms with E-state index < -0.39 is 0 Å². The van der Waals surface area contributed by atoms with Gasteiger partial charge in [0.15, 0.2) is 0 Å². The first-order chi connectivity index (χ1) is 9.60. The first-order valence-corrected chi connectivity index (χ1v) is 8.53. The first-order valence-electron chi connectivity index (χ1n) is 6.73. The average Bonchev–Trinajstić information content (AvgIpc) is 2.86. The number of nitrogens with one attached hydrogen (secondary N) is 1. The zero-order chi connectivity index (χ0) is 14.5. The minimum atomic E-state index is 0.0569. The molecule has 108 valence electrons. The Balaban J connectivity index is 2.02. The predicted molar refractivity (Wildman–Crippen MR) is 85.4 cm³/mol. The van der Waals surface area contributed by atoms with Crippen LogP contribution in [0.5, 0.6) is 0 Å². The summed E-state index contributed by atoms with van der Waals surface area (Å²) < 4.78 is 0. The quantitative estimate of drug-likeness (QED) is 0.658. The second-order valence-electron chi connectivity index (χ2n) is 4.95. The van der Waals surface area contributed by atoms with Gasteiger partial charge in [0.25, 0.3) is 0 Å². The van der Waals surface area contributed by atoms with Crippen molar-refractivity contribution >= 4 is 39.2 Å². The minimum Gasteiger partial charge on any atom is -0.355 e. The highest BCUT2D eigenvalue weighted by Gasteiger charge is 2.10. The smallest absolute Gasteiger partial charge is 0.230 e. The van der Waals surface area contributed by atoms with E-state index >= 15 is 0 Å². The molecule has 0 aromatic carbocycles. The van der Waals surface area contributed by atoms with Gasteiger partial charge in [0.2, 0.25) is 5.91 Å². The Morgan fingerprint density at radius 2 is 2.25 bits per heavy atom. The van der Waals surface area contributed by atoms with Crippen LogP contribution in [0.2, 0.25) is 0 Å². The normalized spacial score (nSPS) is 11.2. The number of hydrogen-bond acceptors (Lipinski definition) is 5. The maximum absolute atomic E-state index is 11.7. The van der Waals surface area contributed by atoms with Crippen LogP contribution < -0.4 is 5.32 Å². The fraction of sp³-hybridized carbons (Fsp3) is 0.500. The van der Waals surface area contributed by atoms with Crippen molar-refractivity contribution in [3.05, 3.63) is 17.3 Å². The molecule has 2 aromatic heterocycles. The Bertz CT molecular complexity index is 595. The first kappa shape index (κ1) is 15.3. The highest BCUT2D eigenvalue weighted by atomic mass is 32.2. The molecule has 0 saturated carbocycles. The zero-order valence-electron chi connectivity index (χ0n) is 12.0. The third-order valence-electron chi connectivity index (χ3n) is 2.74. The van der Waals surface area contributed by atoms with Gasteiger partial charge in [0.05, 0.1) is 5.75 Å². The summed E-state index contributed by atoms with van der Waals surface area (Å²) in [5.41, 5.74) is 0. The molecule has 1 amide bonds. The van der Waals surface area contributed by atoms with Gasteiger partial charge in [-0.05, 0) is 18.4 Å². The number of amides is 1. The van der Waals surface area contributed by atoms with Gasteiger partial charge < -0.3 is 5.32 Å². The van der Waals surface area contributed by atoms with Crippen LogP contribution in [0.25, 0.3) is 10.2 Å². The molecule has 0 spiro atoms. The molecular formula is C14H19N3OS2. The Labute approximate surface area is 127 Å². The molecule has 0 fully saturated rings. The number of carbonyl (C=O) groups excluding carboxylic acids is 1. The second kappa shape index (κ2) is 7.04. The third-order valence-corrected chi connectivity index (χ3v) is 4.93. The number of nitrogens with zero attached hydrogens (tertiary/aromatic N) is 2. The van der Waals surface area contributed by atoms with Crippen molar-refractivity contribution < 1.29 is 4.79 Å². The Morgan fingerprint density at radius 1 is 1.45 bits per heavy atom. The second-order valence-corrected chi connectivity index (χ2v) is 7.03. The molecule has 0 aliphatic carbocycles. The standard InChI is InChI=1S/C14H19N3OS2/c1-4-10-5-11-13(16-8-17-14(11)20-10)19-7-12(18)15-6-9(2)3/h5,8-9H,4,6-7H2,1-3H3,(H,15,18). The molecule has 0 aliphatic heterocycles. The molecule has 1 N–H and O–H groups in total. The van der Waals surface area contributed by atoms with Crippen molar-refractivity contribution in [3.8, 4) is 0 Å². The van der Waals surface area contributed by atoms with E-state index in [2.05, 4.69) is 42.1 Å². The van der Waals surface area contributed by atoms with Crippen molar-refractivity contribution in [1.82, 2.24) is 15.3 Å². The Morgan fingerprint density at radius 3 is 2.95 bits per heavy atom. The van der Waals surface area contributed by atoms with Crippen molar-refractivity contribution in [2.75, 3.05) is 12.3 Å². The van der Waals surface area contributed by atoms with Gasteiger partial charge in [0, 0.05) is 16.8 Å². The maximum Gasteiger partial charge on any atom is 0.230 e. The molecule has 0 unspecified atom stereocenters. The number of hydrogen-bond donors (Lipinski definition) is 1. The molecule has 6 heteroatoms. The van der Waals surface area contributed by atoms with Crippen LogP contribution in [0.3, 0.4) is 0 Å². The Kier molecular flexibility index (Phi) is 5.37. The summed E-state index contributed by atoms with van der Waals surface area (Å²) >= 11 is 3.17. The summed E-state index contributed by atoms with van der Waals surface area (Å²) in [7, 11) is 0. The lowest BCUT2D eigenvalue weighted by Gasteiger charge is -2.07. The third kappa shape index (κ3) is 3.93. The summed E-state index contributed by atoms with van der Waals surface area (Å²) in [5.74, 6) is 0.927. The van der Waals surface area contributed by atoms with Gasteiger partial charge in [-0.2, -0.15) is 0 Å². The lowest BCUT2D eigenvalue weighted by Crippen LogP contribution is -2.28. The van der Waals surface area contributed by atoms with E-state index in [0.717, 1.165) is 28.2 Å². The van der Waals surface area contributed by atoms with Crippen molar-refractivity contribution in [2.24, 2.45) is 5.92 Å². The van der Waals surface area contributed by atoms with Crippen molar-refractivity contribution in [1.29, 1.82) is 0 Å². The van der Waals surface area contributed by atoms with Gasteiger partial charge in [-0.1, -0.05) is 32.5 Å². The summed E-state index contributed by atoms with van der Waals surface area (Å²) in [6.07, 6.45) is 2.58. The molecule has 0 saturated heterocycles. The SMILES string of the molecule is CCc1cc2c(SCC(=O)NCC(C)C)ncnc2s1. The van der Waals surface area contributed by atoms with E-state index in [0.29, 0.717) is 11.7 Å². The lowest BCUT2D eigenvalue weighted by molar-refractivity contribution is -0.118. The summed E-state index contributed by atoms with van der Waals surface area (Å²) in [6, 6.07) is 2.13. The molecule has 0 bridgehead atoms. The van der Waals surface area contributed by atoms with Gasteiger partial charge in [-0.15, -0.1) is 11.3 Å². The predicted octanol–water partition coefficient (Wildman–Crippen LogP) is 3.12. The van der Waals surface area contributed by atoms with Crippen LogP contribution in [0.15, 0.2) is 17.4 Å². The number of fused-ring (bicyclic) bond motifs is 1. The van der Waals surface area contributed by atoms with E-state index in [4.69, 9.17) is 0 Å². The van der Waals surface area contributed by atoms with Gasteiger partial charge in [0.1, 0.15) is 16.2 Å². The van der Waals surface area contributed by atoms with Crippen molar-refractivity contribution in [3.63, 3.8) is 0 Å². The number of thioether (sulfide) groups is 1. The van der Waals surface area contributed by atoms with Gasteiger partial charge >= 0.3 is 0 Å². The molecule has 0 aliphatic rings. The van der Waals surface area contributed by atoms with E-state index in [-0.39, 0.29) is 5.91 Å². The van der Waals surface area contributed by atoms with Crippen molar-refractivity contribution in [2.45, 2.75) is 32.2 Å². The number of carbonyl (C=O) groups is 1. The summed E-state index contributed by atoms with van der Waals surface area (Å²) in [5, 5.41) is 4.88. The minimum absolute atomic E-state index is 0.0569. The van der Waals surface area contributed by atoms with Gasteiger partial charge in [-0.25, -0.2) is 9.97 Å². The monoisotopic (exact) mass is 309 g/mol. The molecule has 2 rings (SSSR count). The van der Waals surface area contributed by atoms with Crippen LogP contribution >= 0.6 is 23.1 Å². The van der Waals surface area contributed by atoms with E-state index in [1.165, 1.54) is 16.6 Å². The Hall–Kier alpha value is -1.14. The number of rotatable bonds is 6. The highest BCUT2D eigenvalue weighted by Crippen LogP contribution is 2.30. The molecule has 20 heavy (non-hydrogen) atoms. The molecule has 4 nitrogen and oxygen atoms in total.